The summed E-state index contributed by atoms with van der Waals surface area (Å²) in [4.78, 5) is 11.5. The van der Waals surface area contributed by atoms with Crippen LogP contribution in [0.1, 0.15) is 53.4 Å². The van der Waals surface area contributed by atoms with E-state index in [0.29, 0.717) is 19.3 Å². The van der Waals surface area contributed by atoms with Crippen molar-refractivity contribution in [3.63, 3.8) is 0 Å². The molecule has 2 aliphatic heterocycles. The highest BCUT2D eigenvalue weighted by Gasteiger charge is 2.82. The molecule has 2 saturated heterocycles. The number of carbonyl (C=O) groups excluding carboxylic acids is 1. The standard InChI is InChI=1S/C17H26O5/c1-9(18)21-11-7-12-17(20)8-10-13(22-12)14(2,16(11,17)4)5-6-15(10,3)19/h10-13,19-20H,5-8H2,1-4H3. The highest BCUT2D eigenvalue weighted by Crippen LogP contribution is 2.74. The molecule has 5 rings (SSSR count). The average molecular weight is 310 g/mol. The second kappa shape index (κ2) is 3.87. The molecule has 8 unspecified atom stereocenters. The second-order valence-electron chi connectivity index (χ2n) is 8.59. The molecule has 0 radical (unpaired) electrons. The van der Waals surface area contributed by atoms with E-state index in [9.17, 15) is 15.0 Å². The average Bonchev–Trinajstić information content (AvgIpc) is 2.57. The van der Waals surface area contributed by atoms with Crippen molar-refractivity contribution < 1.29 is 24.5 Å². The molecule has 0 spiro atoms. The Morgan fingerprint density at radius 1 is 1.23 bits per heavy atom. The van der Waals surface area contributed by atoms with Gasteiger partial charge in [-0.1, -0.05) is 13.8 Å². The summed E-state index contributed by atoms with van der Waals surface area (Å²) in [5.74, 6) is -0.363. The Kier molecular flexibility index (Phi) is 2.63. The van der Waals surface area contributed by atoms with Crippen LogP contribution in [0.2, 0.25) is 0 Å². The summed E-state index contributed by atoms with van der Waals surface area (Å²) in [6.45, 7) is 7.48. The van der Waals surface area contributed by atoms with Crippen LogP contribution in [0.3, 0.4) is 0 Å². The first kappa shape index (κ1) is 14.9. The Hall–Kier alpha value is -0.650. The van der Waals surface area contributed by atoms with Gasteiger partial charge in [-0.15, -0.1) is 0 Å². The van der Waals surface area contributed by atoms with Crippen LogP contribution in [0, 0.1) is 16.7 Å². The molecular formula is C17H26O5. The molecule has 2 heterocycles. The Morgan fingerprint density at radius 2 is 1.91 bits per heavy atom. The molecule has 0 amide bonds. The molecular weight excluding hydrogens is 284 g/mol. The summed E-state index contributed by atoms with van der Waals surface area (Å²) >= 11 is 0. The van der Waals surface area contributed by atoms with Crippen LogP contribution in [0.5, 0.6) is 0 Å². The maximum absolute atomic E-state index is 11.5. The van der Waals surface area contributed by atoms with E-state index in [1.54, 1.807) is 0 Å². The van der Waals surface area contributed by atoms with Gasteiger partial charge in [-0.2, -0.15) is 0 Å². The zero-order chi connectivity index (χ0) is 16.1. The highest BCUT2D eigenvalue weighted by molar-refractivity contribution is 5.66. The van der Waals surface area contributed by atoms with Gasteiger partial charge in [-0.25, -0.2) is 0 Å². The first-order valence-corrected chi connectivity index (χ1v) is 8.34. The lowest BCUT2D eigenvalue weighted by molar-refractivity contribution is -0.367. The normalized spacial score (nSPS) is 62.1. The van der Waals surface area contributed by atoms with Gasteiger partial charge in [-0.05, 0) is 26.2 Å². The van der Waals surface area contributed by atoms with Crippen LogP contribution in [0.4, 0.5) is 0 Å². The fraction of sp³-hybridized carbons (Fsp3) is 0.941. The van der Waals surface area contributed by atoms with Crippen molar-refractivity contribution >= 4 is 5.97 Å². The number of carbonyl (C=O) groups is 1. The first-order chi connectivity index (χ1) is 10.1. The number of hydrogen-bond acceptors (Lipinski definition) is 5. The fourth-order valence-corrected chi connectivity index (χ4v) is 6.23. The SMILES string of the molecule is CC(=O)OC1CC2OC3C4CC2(O)C1(C)C3(C)CCC4(C)O. The maximum atomic E-state index is 11.5. The van der Waals surface area contributed by atoms with Crippen molar-refractivity contribution in [1.29, 1.82) is 0 Å². The minimum atomic E-state index is -1.04. The summed E-state index contributed by atoms with van der Waals surface area (Å²) in [5, 5.41) is 22.3. The van der Waals surface area contributed by atoms with Gasteiger partial charge in [0.05, 0.1) is 17.8 Å². The van der Waals surface area contributed by atoms with Crippen molar-refractivity contribution in [3.8, 4) is 0 Å². The quantitative estimate of drug-likeness (QED) is 0.716. The van der Waals surface area contributed by atoms with E-state index < -0.39 is 16.6 Å². The lowest BCUT2D eigenvalue weighted by atomic mass is 9.40. The molecule has 3 saturated carbocycles. The summed E-state index contributed by atoms with van der Waals surface area (Å²) < 4.78 is 11.9. The largest absolute Gasteiger partial charge is 0.462 e. The third kappa shape index (κ3) is 1.35. The van der Waals surface area contributed by atoms with Crippen LogP contribution in [-0.4, -0.2) is 45.7 Å². The predicted octanol–water partition coefficient (Wildman–Crippen LogP) is 1.40. The molecule has 6 bridgehead atoms. The lowest BCUT2D eigenvalue weighted by Gasteiger charge is -2.71. The van der Waals surface area contributed by atoms with Crippen molar-refractivity contribution in [3.05, 3.63) is 0 Å². The van der Waals surface area contributed by atoms with E-state index in [1.165, 1.54) is 6.92 Å². The van der Waals surface area contributed by atoms with Gasteiger partial charge in [0.1, 0.15) is 11.7 Å². The third-order valence-corrected chi connectivity index (χ3v) is 7.78. The maximum Gasteiger partial charge on any atom is 0.302 e. The highest BCUT2D eigenvalue weighted by atomic mass is 16.6. The number of ether oxygens (including phenoxy) is 2. The predicted molar refractivity (Wildman–Crippen MR) is 78.0 cm³/mol. The smallest absolute Gasteiger partial charge is 0.302 e. The number of hydrogen-bond donors (Lipinski definition) is 2. The molecule has 0 aromatic heterocycles. The van der Waals surface area contributed by atoms with Gasteiger partial charge in [-0.3, -0.25) is 4.79 Å². The Bertz CT molecular complexity index is 545. The van der Waals surface area contributed by atoms with E-state index in [4.69, 9.17) is 9.47 Å². The molecule has 0 aromatic rings. The summed E-state index contributed by atoms with van der Waals surface area (Å²) in [6.07, 6.45) is 1.83. The number of rotatable bonds is 1. The number of esters is 1. The Labute approximate surface area is 131 Å². The van der Waals surface area contributed by atoms with Gasteiger partial charge < -0.3 is 19.7 Å². The van der Waals surface area contributed by atoms with Crippen LogP contribution < -0.4 is 0 Å². The molecule has 0 aromatic carbocycles. The molecule has 3 aliphatic carbocycles. The first-order valence-electron chi connectivity index (χ1n) is 8.34. The topological polar surface area (TPSA) is 76.0 Å². The monoisotopic (exact) mass is 310 g/mol. The molecule has 5 heteroatoms. The van der Waals surface area contributed by atoms with Gasteiger partial charge in [0.25, 0.3) is 0 Å². The van der Waals surface area contributed by atoms with Crippen molar-refractivity contribution in [2.75, 3.05) is 0 Å². The second-order valence-corrected chi connectivity index (χ2v) is 8.59. The molecule has 5 fully saturated rings. The molecule has 8 atom stereocenters. The Morgan fingerprint density at radius 3 is 2.55 bits per heavy atom. The van der Waals surface area contributed by atoms with E-state index in [-0.39, 0.29) is 35.6 Å². The zero-order valence-electron chi connectivity index (χ0n) is 13.8. The van der Waals surface area contributed by atoms with Crippen molar-refractivity contribution in [2.45, 2.75) is 82.9 Å². The van der Waals surface area contributed by atoms with Crippen LogP contribution >= 0.6 is 0 Å². The molecule has 2 N–H and O–H groups in total. The molecule has 5 aliphatic rings. The van der Waals surface area contributed by atoms with Crippen molar-refractivity contribution in [1.82, 2.24) is 0 Å². The van der Waals surface area contributed by atoms with E-state index in [2.05, 4.69) is 13.8 Å². The van der Waals surface area contributed by atoms with Crippen LogP contribution in [-0.2, 0) is 14.3 Å². The van der Waals surface area contributed by atoms with E-state index >= 15 is 0 Å². The van der Waals surface area contributed by atoms with Gasteiger partial charge in [0, 0.05) is 30.1 Å². The van der Waals surface area contributed by atoms with Gasteiger partial charge in [0.2, 0.25) is 0 Å². The lowest BCUT2D eigenvalue weighted by Crippen LogP contribution is -2.78. The van der Waals surface area contributed by atoms with Crippen LogP contribution in [0.25, 0.3) is 0 Å². The third-order valence-electron chi connectivity index (χ3n) is 7.78. The summed E-state index contributed by atoms with van der Waals surface area (Å²) in [7, 11) is 0. The molecule has 22 heavy (non-hydrogen) atoms. The minimum Gasteiger partial charge on any atom is -0.462 e. The minimum absolute atomic E-state index is 0.0587. The summed E-state index contributed by atoms with van der Waals surface area (Å²) in [5.41, 5.74) is -2.65. The van der Waals surface area contributed by atoms with E-state index in [0.717, 1.165) is 6.42 Å². The van der Waals surface area contributed by atoms with Gasteiger partial charge in [0.15, 0.2) is 0 Å². The van der Waals surface area contributed by atoms with Crippen LogP contribution in [0.15, 0.2) is 0 Å². The van der Waals surface area contributed by atoms with Crippen molar-refractivity contribution in [2.24, 2.45) is 16.7 Å². The van der Waals surface area contributed by atoms with E-state index in [1.807, 2.05) is 6.92 Å². The summed E-state index contributed by atoms with van der Waals surface area (Å²) in [6, 6.07) is 0. The molecule has 5 nitrogen and oxygen atoms in total. The molecule has 124 valence electrons. The van der Waals surface area contributed by atoms with Gasteiger partial charge >= 0.3 is 5.97 Å². The zero-order valence-corrected chi connectivity index (χ0v) is 13.8. The fourth-order valence-electron chi connectivity index (χ4n) is 6.23. The Balaban J connectivity index is 1.85. The number of aliphatic hydroxyl groups is 2.